The molecule has 18 heavy (non-hydrogen) atoms. The van der Waals surface area contributed by atoms with E-state index in [0.717, 1.165) is 14.3 Å². The van der Waals surface area contributed by atoms with Gasteiger partial charge in [-0.15, -0.1) is 0 Å². The lowest BCUT2D eigenvalue weighted by Gasteiger charge is -2.05. The molecule has 0 bridgehead atoms. The molecule has 0 aliphatic carbocycles. The fraction of sp³-hybridized carbons (Fsp3) is 0. The standard InChI is InChI=1S/C13H9BrO3S/c14-9-3-6-12(11(15)7-9)18-10-4-1-8(2-5-10)13(16)17/h1-7,15H,(H,16,17). The van der Waals surface area contributed by atoms with E-state index in [4.69, 9.17) is 5.11 Å². The van der Waals surface area contributed by atoms with Crippen molar-refractivity contribution in [3.63, 3.8) is 0 Å². The van der Waals surface area contributed by atoms with Crippen LogP contribution >= 0.6 is 27.7 Å². The highest BCUT2D eigenvalue weighted by atomic mass is 79.9. The second-order valence-electron chi connectivity index (χ2n) is 3.54. The largest absolute Gasteiger partial charge is 0.507 e. The predicted molar refractivity (Wildman–Crippen MR) is 73.3 cm³/mol. The Hall–Kier alpha value is -1.46. The van der Waals surface area contributed by atoms with Crippen LogP contribution < -0.4 is 0 Å². The zero-order chi connectivity index (χ0) is 13.1. The first-order chi connectivity index (χ1) is 8.56. The number of carbonyl (C=O) groups is 1. The summed E-state index contributed by atoms with van der Waals surface area (Å²) in [4.78, 5) is 12.3. The van der Waals surface area contributed by atoms with Gasteiger partial charge in [0.25, 0.3) is 0 Å². The summed E-state index contributed by atoms with van der Waals surface area (Å²) < 4.78 is 0.811. The van der Waals surface area contributed by atoms with Crippen molar-refractivity contribution in [2.45, 2.75) is 9.79 Å². The summed E-state index contributed by atoms with van der Waals surface area (Å²) in [5, 5.41) is 18.5. The van der Waals surface area contributed by atoms with E-state index >= 15 is 0 Å². The highest BCUT2D eigenvalue weighted by molar-refractivity contribution is 9.10. The molecule has 0 spiro atoms. The quantitative estimate of drug-likeness (QED) is 0.895. The molecule has 0 radical (unpaired) electrons. The second-order valence-corrected chi connectivity index (χ2v) is 5.57. The van der Waals surface area contributed by atoms with Crippen molar-refractivity contribution in [2.24, 2.45) is 0 Å². The third-order valence-corrected chi connectivity index (χ3v) is 3.82. The lowest BCUT2D eigenvalue weighted by atomic mass is 10.2. The lowest BCUT2D eigenvalue weighted by molar-refractivity contribution is 0.0697. The summed E-state index contributed by atoms with van der Waals surface area (Å²) in [6.07, 6.45) is 0. The number of aromatic carboxylic acids is 1. The number of rotatable bonds is 3. The van der Waals surface area contributed by atoms with Crippen molar-refractivity contribution in [3.8, 4) is 5.75 Å². The molecule has 0 atom stereocenters. The van der Waals surface area contributed by atoms with Gasteiger partial charge in [0.2, 0.25) is 0 Å². The van der Waals surface area contributed by atoms with Gasteiger partial charge in [-0.2, -0.15) is 0 Å². The van der Waals surface area contributed by atoms with Crippen LogP contribution in [-0.2, 0) is 0 Å². The zero-order valence-electron chi connectivity index (χ0n) is 9.13. The normalized spacial score (nSPS) is 10.3. The molecule has 2 aromatic rings. The highest BCUT2D eigenvalue weighted by Gasteiger charge is 2.06. The topological polar surface area (TPSA) is 57.5 Å². The molecule has 0 aliphatic heterocycles. The summed E-state index contributed by atoms with van der Waals surface area (Å²) in [5.41, 5.74) is 0.249. The third-order valence-electron chi connectivity index (χ3n) is 2.25. The van der Waals surface area contributed by atoms with Gasteiger partial charge in [-0.1, -0.05) is 27.7 Å². The van der Waals surface area contributed by atoms with Crippen LogP contribution in [0.2, 0.25) is 0 Å². The molecule has 5 heteroatoms. The Morgan fingerprint density at radius 3 is 2.33 bits per heavy atom. The second kappa shape index (κ2) is 5.46. The molecule has 3 nitrogen and oxygen atoms in total. The smallest absolute Gasteiger partial charge is 0.335 e. The maximum Gasteiger partial charge on any atom is 0.335 e. The Balaban J connectivity index is 2.21. The number of benzene rings is 2. The monoisotopic (exact) mass is 324 g/mol. The van der Waals surface area contributed by atoms with Crippen LogP contribution in [0.5, 0.6) is 5.75 Å². The Bertz CT molecular complexity index is 581. The minimum absolute atomic E-state index is 0.191. The molecule has 0 aliphatic rings. The molecule has 0 aromatic heterocycles. The first-order valence-corrected chi connectivity index (χ1v) is 6.67. The van der Waals surface area contributed by atoms with Crippen molar-refractivity contribution >= 4 is 33.7 Å². The van der Waals surface area contributed by atoms with Crippen molar-refractivity contribution in [1.82, 2.24) is 0 Å². The maximum absolute atomic E-state index is 10.7. The van der Waals surface area contributed by atoms with E-state index in [2.05, 4.69) is 15.9 Å². The average Bonchev–Trinajstić information content (AvgIpc) is 2.33. The predicted octanol–water partition coefficient (Wildman–Crippen LogP) is 4.00. The van der Waals surface area contributed by atoms with Crippen LogP contribution in [0, 0.1) is 0 Å². The van der Waals surface area contributed by atoms with Gasteiger partial charge in [-0.05, 0) is 42.5 Å². The average molecular weight is 325 g/mol. The first-order valence-electron chi connectivity index (χ1n) is 5.06. The van der Waals surface area contributed by atoms with Crippen LogP contribution in [0.3, 0.4) is 0 Å². The number of aromatic hydroxyl groups is 1. The molecule has 92 valence electrons. The molecule has 0 unspecified atom stereocenters. The van der Waals surface area contributed by atoms with E-state index in [1.807, 2.05) is 6.07 Å². The van der Waals surface area contributed by atoms with Crippen LogP contribution in [0.1, 0.15) is 10.4 Å². The molecule has 0 saturated carbocycles. The molecule has 2 rings (SSSR count). The minimum atomic E-state index is -0.946. The summed E-state index contributed by atoms with van der Waals surface area (Å²) in [6, 6.07) is 11.8. The van der Waals surface area contributed by atoms with E-state index in [1.54, 1.807) is 36.4 Å². The number of hydrogen-bond donors (Lipinski definition) is 2. The lowest BCUT2D eigenvalue weighted by Crippen LogP contribution is -1.94. The van der Waals surface area contributed by atoms with Gasteiger partial charge in [-0.3, -0.25) is 0 Å². The number of hydrogen-bond acceptors (Lipinski definition) is 3. The highest BCUT2D eigenvalue weighted by Crippen LogP contribution is 2.35. The third kappa shape index (κ3) is 3.05. The first kappa shape index (κ1) is 13.0. The summed E-state index contributed by atoms with van der Waals surface area (Å²) >= 11 is 4.65. The Morgan fingerprint density at radius 1 is 1.11 bits per heavy atom. The van der Waals surface area contributed by atoms with Gasteiger partial charge in [0.1, 0.15) is 5.75 Å². The Morgan fingerprint density at radius 2 is 1.78 bits per heavy atom. The molecule has 0 heterocycles. The van der Waals surface area contributed by atoms with Crippen LogP contribution in [0.15, 0.2) is 56.7 Å². The fourth-order valence-corrected chi connectivity index (χ4v) is 2.54. The molecule has 0 fully saturated rings. The fourth-order valence-electron chi connectivity index (χ4n) is 1.37. The Labute approximate surface area is 117 Å². The van der Waals surface area contributed by atoms with Gasteiger partial charge in [0.15, 0.2) is 0 Å². The van der Waals surface area contributed by atoms with Gasteiger partial charge in [-0.25, -0.2) is 4.79 Å². The van der Waals surface area contributed by atoms with Gasteiger partial charge < -0.3 is 10.2 Å². The number of phenolic OH excluding ortho intramolecular Hbond substituents is 1. The number of carboxylic acids is 1. The SMILES string of the molecule is O=C(O)c1ccc(Sc2ccc(Br)cc2O)cc1. The number of halogens is 1. The van der Waals surface area contributed by atoms with Crippen molar-refractivity contribution in [2.75, 3.05) is 0 Å². The van der Waals surface area contributed by atoms with E-state index in [-0.39, 0.29) is 11.3 Å². The molecule has 0 saturated heterocycles. The van der Waals surface area contributed by atoms with Crippen LogP contribution in [0.4, 0.5) is 0 Å². The molecule has 2 N–H and O–H groups in total. The number of phenols is 1. The zero-order valence-corrected chi connectivity index (χ0v) is 11.5. The molecular weight excluding hydrogens is 316 g/mol. The van der Waals surface area contributed by atoms with Gasteiger partial charge in [0, 0.05) is 9.37 Å². The van der Waals surface area contributed by atoms with Gasteiger partial charge >= 0.3 is 5.97 Å². The summed E-state index contributed by atoms with van der Waals surface area (Å²) in [6.45, 7) is 0. The molecular formula is C13H9BrO3S. The molecule has 2 aromatic carbocycles. The van der Waals surface area contributed by atoms with Crippen LogP contribution in [-0.4, -0.2) is 16.2 Å². The Kier molecular flexibility index (Phi) is 3.93. The van der Waals surface area contributed by atoms with Gasteiger partial charge in [0.05, 0.1) is 10.5 Å². The minimum Gasteiger partial charge on any atom is -0.507 e. The van der Waals surface area contributed by atoms with Crippen molar-refractivity contribution < 1.29 is 15.0 Å². The number of carboxylic acid groups (broad SMARTS) is 1. The van der Waals surface area contributed by atoms with Crippen molar-refractivity contribution in [3.05, 3.63) is 52.5 Å². The van der Waals surface area contributed by atoms with E-state index in [1.165, 1.54) is 11.8 Å². The van der Waals surface area contributed by atoms with E-state index < -0.39 is 5.97 Å². The van der Waals surface area contributed by atoms with E-state index in [9.17, 15) is 9.90 Å². The summed E-state index contributed by atoms with van der Waals surface area (Å²) in [7, 11) is 0. The molecule has 0 amide bonds. The van der Waals surface area contributed by atoms with Crippen molar-refractivity contribution in [1.29, 1.82) is 0 Å². The van der Waals surface area contributed by atoms with E-state index in [0.29, 0.717) is 0 Å². The summed E-state index contributed by atoms with van der Waals surface area (Å²) in [5.74, 6) is -0.755. The maximum atomic E-state index is 10.7. The van der Waals surface area contributed by atoms with Crippen LogP contribution in [0.25, 0.3) is 0 Å².